The first-order chi connectivity index (χ1) is 10.2. The van der Waals surface area contributed by atoms with Crippen molar-refractivity contribution in [3.63, 3.8) is 0 Å². The van der Waals surface area contributed by atoms with Crippen molar-refractivity contribution < 1.29 is 9.53 Å². The van der Waals surface area contributed by atoms with Gasteiger partial charge >= 0.3 is 0 Å². The summed E-state index contributed by atoms with van der Waals surface area (Å²) in [5.74, 6) is 2.41. The summed E-state index contributed by atoms with van der Waals surface area (Å²) in [5.41, 5.74) is 6.30. The number of carbonyl (C=O) groups excluding carboxylic acids is 1. The minimum atomic E-state index is 0.217. The molecule has 0 spiro atoms. The molecule has 3 rings (SSSR count). The number of nitrogens with two attached hydrogens (primary N) is 1. The van der Waals surface area contributed by atoms with Gasteiger partial charge in [0.25, 0.3) is 0 Å². The molecule has 0 aromatic carbocycles. The van der Waals surface area contributed by atoms with Gasteiger partial charge in [0.1, 0.15) is 0 Å². The fourth-order valence-electron chi connectivity index (χ4n) is 4.58. The van der Waals surface area contributed by atoms with E-state index in [2.05, 4.69) is 5.32 Å². The summed E-state index contributed by atoms with van der Waals surface area (Å²) in [6.45, 7) is 2.62. The Morgan fingerprint density at radius 2 is 1.76 bits per heavy atom. The normalized spacial score (nSPS) is 37.2. The van der Waals surface area contributed by atoms with Gasteiger partial charge in [0.15, 0.2) is 0 Å². The molecule has 21 heavy (non-hydrogen) atoms. The van der Waals surface area contributed by atoms with Crippen molar-refractivity contribution in [2.75, 3.05) is 19.8 Å². The second-order valence-corrected chi connectivity index (χ2v) is 7.33. The lowest BCUT2D eigenvalue weighted by molar-refractivity contribution is -0.127. The first kappa shape index (κ1) is 15.3. The highest BCUT2D eigenvalue weighted by molar-refractivity contribution is 5.78. The lowest BCUT2D eigenvalue weighted by atomic mass is 9.65. The topological polar surface area (TPSA) is 64.4 Å². The zero-order valence-corrected chi connectivity index (χ0v) is 13.1. The van der Waals surface area contributed by atoms with Gasteiger partial charge in [-0.05, 0) is 62.7 Å². The summed E-state index contributed by atoms with van der Waals surface area (Å²) in [7, 11) is 0. The van der Waals surface area contributed by atoms with Crippen molar-refractivity contribution in [3.8, 4) is 0 Å². The van der Waals surface area contributed by atoms with E-state index in [1.165, 1.54) is 19.3 Å². The van der Waals surface area contributed by atoms with Crippen LogP contribution in [-0.4, -0.2) is 31.7 Å². The van der Waals surface area contributed by atoms with E-state index in [-0.39, 0.29) is 11.8 Å². The third-order valence-corrected chi connectivity index (χ3v) is 5.98. The molecule has 1 saturated heterocycles. The Kier molecular flexibility index (Phi) is 5.17. The molecule has 2 unspecified atom stereocenters. The zero-order valence-electron chi connectivity index (χ0n) is 13.1. The summed E-state index contributed by atoms with van der Waals surface area (Å²) in [4.78, 5) is 12.4. The number of rotatable bonds is 4. The van der Waals surface area contributed by atoms with Gasteiger partial charge in [0, 0.05) is 31.7 Å². The summed E-state index contributed by atoms with van der Waals surface area (Å²) in [6, 6.07) is 0.352. The standard InChI is InChI=1S/C17H30N2O2/c18-16-13-2-1-3-14(16)11-15(10-13)17(20)19-7-4-12-5-8-21-9-6-12/h12-16H,1-11,18H2,(H,19,20). The maximum atomic E-state index is 12.4. The quantitative estimate of drug-likeness (QED) is 0.834. The third kappa shape index (κ3) is 3.78. The molecule has 120 valence electrons. The summed E-state index contributed by atoms with van der Waals surface area (Å²) < 4.78 is 5.38. The van der Waals surface area contributed by atoms with Crippen LogP contribution in [0.4, 0.5) is 0 Å². The van der Waals surface area contributed by atoms with Crippen LogP contribution in [0.1, 0.15) is 51.4 Å². The van der Waals surface area contributed by atoms with Gasteiger partial charge in [-0.3, -0.25) is 4.79 Å². The maximum Gasteiger partial charge on any atom is 0.223 e. The lowest BCUT2D eigenvalue weighted by Gasteiger charge is -2.43. The number of amides is 1. The summed E-state index contributed by atoms with van der Waals surface area (Å²) >= 11 is 0. The van der Waals surface area contributed by atoms with E-state index in [1.807, 2.05) is 0 Å². The molecule has 1 heterocycles. The van der Waals surface area contributed by atoms with Gasteiger partial charge in [-0.2, -0.15) is 0 Å². The maximum absolute atomic E-state index is 12.4. The molecule has 4 heteroatoms. The fraction of sp³-hybridized carbons (Fsp3) is 0.941. The monoisotopic (exact) mass is 294 g/mol. The highest BCUT2D eigenvalue weighted by Crippen LogP contribution is 2.41. The molecular formula is C17H30N2O2. The Morgan fingerprint density at radius 1 is 1.10 bits per heavy atom. The minimum Gasteiger partial charge on any atom is -0.381 e. The molecule has 1 aliphatic heterocycles. The van der Waals surface area contributed by atoms with Crippen LogP contribution in [0.25, 0.3) is 0 Å². The van der Waals surface area contributed by atoms with Crippen LogP contribution >= 0.6 is 0 Å². The number of carbonyl (C=O) groups is 1. The van der Waals surface area contributed by atoms with Crippen molar-refractivity contribution in [1.82, 2.24) is 5.32 Å². The van der Waals surface area contributed by atoms with Crippen LogP contribution in [0.2, 0.25) is 0 Å². The Bertz CT molecular complexity index is 341. The van der Waals surface area contributed by atoms with E-state index in [1.54, 1.807) is 0 Å². The Balaban J connectivity index is 1.41. The number of fused-ring (bicyclic) bond motifs is 2. The van der Waals surface area contributed by atoms with E-state index < -0.39 is 0 Å². The van der Waals surface area contributed by atoms with Crippen LogP contribution in [0.5, 0.6) is 0 Å². The number of ether oxygens (including phenoxy) is 1. The van der Waals surface area contributed by atoms with E-state index in [4.69, 9.17) is 10.5 Å². The first-order valence-electron chi connectivity index (χ1n) is 8.85. The second kappa shape index (κ2) is 7.10. The minimum absolute atomic E-state index is 0.217. The van der Waals surface area contributed by atoms with Crippen LogP contribution in [0.15, 0.2) is 0 Å². The van der Waals surface area contributed by atoms with Gasteiger partial charge in [0.2, 0.25) is 5.91 Å². The van der Waals surface area contributed by atoms with Crippen molar-refractivity contribution >= 4 is 5.91 Å². The predicted molar refractivity (Wildman–Crippen MR) is 82.7 cm³/mol. The molecule has 0 radical (unpaired) electrons. The van der Waals surface area contributed by atoms with Crippen LogP contribution in [0, 0.1) is 23.7 Å². The molecule has 3 N–H and O–H groups in total. The predicted octanol–water partition coefficient (Wildman–Crippen LogP) is 2.07. The van der Waals surface area contributed by atoms with Gasteiger partial charge in [-0.25, -0.2) is 0 Å². The molecule has 1 amide bonds. The van der Waals surface area contributed by atoms with Gasteiger partial charge in [-0.1, -0.05) is 6.42 Å². The van der Waals surface area contributed by atoms with Crippen molar-refractivity contribution in [3.05, 3.63) is 0 Å². The largest absolute Gasteiger partial charge is 0.381 e. The van der Waals surface area contributed by atoms with Crippen molar-refractivity contribution in [1.29, 1.82) is 0 Å². The number of hydrogen-bond donors (Lipinski definition) is 2. The third-order valence-electron chi connectivity index (χ3n) is 5.98. The van der Waals surface area contributed by atoms with E-state index in [9.17, 15) is 4.79 Å². The molecule has 4 nitrogen and oxygen atoms in total. The second-order valence-electron chi connectivity index (χ2n) is 7.33. The SMILES string of the molecule is NC1C2CCCC1CC(C(=O)NCCC1CCOCC1)C2. The molecule has 2 saturated carbocycles. The molecule has 0 aromatic heterocycles. The Morgan fingerprint density at radius 3 is 2.43 bits per heavy atom. The molecule has 0 aromatic rings. The molecular weight excluding hydrogens is 264 g/mol. The average Bonchev–Trinajstić information content (AvgIpc) is 2.48. The average molecular weight is 294 g/mol. The van der Waals surface area contributed by atoms with Crippen LogP contribution < -0.4 is 11.1 Å². The Hall–Kier alpha value is -0.610. The first-order valence-corrected chi connectivity index (χ1v) is 8.85. The smallest absolute Gasteiger partial charge is 0.223 e. The summed E-state index contributed by atoms with van der Waals surface area (Å²) in [6.07, 6.45) is 9.19. The van der Waals surface area contributed by atoms with Crippen LogP contribution in [-0.2, 0) is 9.53 Å². The van der Waals surface area contributed by atoms with Crippen molar-refractivity contribution in [2.45, 2.75) is 57.4 Å². The number of nitrogens with one attached hydrogen (secondary N) is 1. The molecule has 3 fully saturated rings. The number of hydrogen-bond acceptors (Lipinski definition) is 3. The highest BCUT2D eigenvalue weighted by atomic mass is 16.5. The van der Waals surface area contributed by atoms with Gasteiger partial charge in [0.05, 0.1) is 0 Å². The molecule has 2 aliphatic carbocycles. The molecule has 3 aliphatic rings. The van der Waals surface area contributed by atoms with E-state index in [0.29, 0.717) is 17.9 Å². The lowest BCUT2D eigenvalue weighted by Crippen LogP contribution is -2.49. The van der Waals surface area contributed by atoms with Gasteiger partial charge in [-0.15, -0.1) is 0 Å². The summed E-state index contributed by atoms with van der Waals surface area (Å²) in [5, 5.41) is 3.18. The zero-order chi connectivity index (χ0) is 14.7. The highest BCUT2D eigenvalue weighted by Gasteiger charge is 2.40. The van der Waals surface area contributed by atoms with Gasteiger partial charge < -0.3 is 15.8 Å². The van der Waals surface area contributed by atoms with E-state index >= 15 is 0 Å². The fourth-order valence-corrected chi connectivity index (χ4v) is 4.58. The molecule has 2 atom stereocenters. The van der Waals surface area contributed by atoms with Crippen LogP contribution in [0.3, 0.4) is 0 Å². The molecule has 2 bridgehead atoms. The van der Waals surface area contributed by atoms with Crippen molar-refractivity contribution in [2.24, 2.45) is 29.4 Å². The Labute approximate surface area is 128 Å². The van der Waals surface area contributed by atoms with E-state index in [0.717, 1.165) is 57.8 Å².